The van der Waals surface area contributed by atoms with E-state index in [1.807, 2.05) is 36.2 Å². The predicted octanol–water partition coefficient (Wildman–Crippen LogP) is 1.53. The smallest absolute Gasteiger partial charge is 0.323 e. The highest BCUT2D eigenvalue weighted by molar-refractivity contribution is 5.95. The van der Waals surface area contributed by atoms with Gasteiger partial charge in [-0.05, 0) is 41.8 Å². The average molecular weight is 440 g/mol. The third kappa shape index (κ3) is 5.43. The highest BCUT2D eigenvalue weighted by Crippen LogP contribution is 2.25. The number of aliphatic carboxylic acids is 1. The second-order valence-electron chi connectivity index (χ2n) is 7.74. The molecule has 32 heavy (non-hydrogen) atoms. The van der Waals surface area contributed by atoms with E-state index in [4.69, 9.17) is 0 Å². The molecule has 1 aliphatic rings. The van der Waals surface area contributed by atoms with Crippen molar-refractivity contribution in [2.75, 3.05) is 31.6 Å². The van der Waals surface area contributed by atoms with E-state index in [0.29, 0.717) is 36.4 Å². The molecule has 9 heteroatoms. The first kappa shape index (κ1) is 23.2. The highest BCUT2D eigenvalue weighted by atomic mass is 16.4. The molecule has 0 radical (unpaired) electrons. The highest BCUT2D eigenvalue weighted by Gasteiger charge is 2.27. The number of anilines is 1. The van der Waals surface area contributed by atoms with Gasteiger partial charge in [-0.1, -0.05) is 31.2 Å². The number of fused-ring (bicyclic) bond motifs is 1. The van der Waals surface area contributed by atoms with Crippen LogP contribution in [0.4, 0.5) is 5.69 Å². The molecule has 0 aliphatic carbocycles. The van der Waals surface area contributed by atoms with Gasteiger partial charge in [0.25, 0.3) is 11.8 Å². The minimum atomic E-state index is -1.04. The minimum Gasteiger partial charge on any atom is -0.480 e. The number of carbonyl (C=O) groups excluding carboxylic acids is 2. The number of amides is 2. The lowest BCUT2D eigenvalue weighted by molar-refractivity contribution is -0.145. The van der Waals surface area contributed by atoms with E-state index in [0.717, 1.165) is 0 Å². The molecule has 0 saturated carbocycles. The summed E-state index contributed by atoms with van der Waals surface area (Å²) < 4.78 is 0. The normalized spacial score (nSPS) is 12.8. The molecule has 1 heterocycles. The molecule has 3 N–H and O–H groups in total. The molecule has 0 fully saturated rings. The quantitative estimate of drug-likeness (QED) is 0.509. The van der Waals surface area contributed by atoms with Gasteiger partial charge in [-0.15, -0.1) is 0 Å². The lowest BCUT2D eigenvalue weighted by Gasteiger charge is -2.31. The SMILES string of the molecule is CCNNC(=O)c1ccc(N(CC(=O)O)CC(=O)N(C)N2Cc3ccccc3C2)c(C)c1. The van der Waals surface area contributed by atoms with Crippen molar-refractivity contribution in [3.63, 3.8) is 0 Å². The average Bonchev–Trinajstić information content (AvgIpc) is 3.20. The zero-order valence-corrected chi connectivity index (χ0v) is 18.6. The molecule has 0 bridgehead atoms. The molecule has 2 amide bonds. The van der Waals surface area contributed by atoms with Crippen LogP contribution in [0.1, 0.15) is 34.0 Å². The maximum atomic E-state index is 13.0. The van der Waals surface area contributed by atoms with Crippen LogP contribution in [-0.4, -0.2) is 59.6 Å². The second-order valence-corrected chi connectivity index (χ2v) is 7.74. The Morgan fingerprint density at radius 3 is 2.28 bits per heavy atom. The number of nitrogens with zero attached hydrogens (tertiary/aromatic N) is 3. The van der Waals surface area contributed by atoms with E-state index in [1.165, 1.54) is 16.0 Å². The van der Waals surface area contributed by atoms with Crippen LogP contribution in [0.3, 0.4) is 0 Å². The van der Waals surface area contributed by atoms with Crippen molar-refractivity contribution in [3.05, 3.63) is 64.7 Å². The van der Waals surface area contributed by atoms with Gasteiger partial charge >= 0.3 is 5.97 Å². The molecule has 170 valence electrons. The first-order valence-electron chi connectivity index (χ1n) is 10.5. The number of carboxylic acids is 1. The van der Waals surface area contributed by atoms with Crippen molar-refractivity contribution in [3.8, 4) is 0 Å². The molecule has 0 atom stereocenters. The maximum Gasteiger partial charge on any atom is 0.323 e. The van der Waals surface area contributed by atoms with Crippen LogP contribution >= 0.6 is 0 Å². The predicted molar refractivity (Wildman–Crippen MR) is 121 cm³/mol. The number of hydrazine groups is 2. The number of nitrogens with one attached hydrogen (secondary N) is 2. The number of rotatable bonds is 9. The van der Waals surface area contributed by atoms with Gasteiger partial charge < -0.3 is 10.0 Å². The van der Waals surface area contributed by atoms with Gasteiger partial charge in [0.15, 0.2) is 0 Å². The molecule has 3 rings (SSSR count). The first-order valence-corrected chi connectivity index (χ1v) is 10.5. The Hall–Kier alpha value is -3.43. The summed E-state index contributed by atoms with van der Waals surface area (Å²) in [6.45, 7) is 5.08. The summed E-state index contributed by atoms with van der Waals surface area (Å²) in [7, 11) is 1.70. The van der Waals surface area contributed by atoms with Crippen LogP contribution in [0.2, 0.25) is 0 Å². The lowest BCUT2D eigenvalue weighted by atomic mass is 10.1. The third-order valence-corrected chi connectivity index (χ3v) is 5.44. The Bertz CT molecular complexity index is 985. The number of carbonyl (C=O) groups is 3. The lowest BCUT2D eigenvalue weighted by Crippen LogP contribution is -2.47. The Balaban J connectivity index is 1.73. The number of carboxylic acid groups (broad SMARTS) is 1. The van der Waals surface area contributed by atoms with Crippen molar-refractivity contribution in [2.45, 2.75) is 26.9 Å². The number of aryl methyl sites for hydroxylation is 1. The van der Waals surface area contributed by atoms with Gasteiger partial charge in [-0.25, -0.2) is 10.4 Å². The van der Waals surface area contributed by atoms with E-state index in [9.17, 15) is 19.5 Å². The summed E-state index contributed by atoms with van der Waals surface area (Å²) in [5, 5.41) is 12.9. The summed E-state index contributed by atoms with van der Waals surface area (Å²) in [5.41, 5.74) is 9.44. The van der Waals surface area contributed by atoms with Crippen molar-refractivity contribution in [1.82, 2.24) is 20.9 Å². The summed E-state index contributed by atoms with van der Waals surface area (Å²) in [5.74, 6) is -1.54. The summed E-state index contributed by atoms with van der Waals surface area (Å²) in [6, 6.07) is 13.0. The van der Waals surface area contributed by atoms with Gasteiger partial charge in [0.05, 0.1) is 6.54 Å². The third-order valence-electron chi connectivity index (χ3n) is 5.44. The van der Waals surface area contributed by atoms with Crippen molar-refractivity contribution in [2.24, 2.45) is 0 Å². The Morgan fingerprint density at radius 2 is 1.72 bits per heavy atom. The van der Waals surface area contributed by atoms with Gasteiger partial charge in [0.2, 0.25) is 0 Å². The molecule has 0 aromatic heterocycles. The summed E-state index contributed by atoms with van der Waals surface area (Å²) in [6.07, 6.45) is 0. The van der Waals surface area contributed by atoms with E-state index in [2.05, 4.69) is 10.9 Å². The van der Waals surface area contributed by atoms with Crippen molar-refractivity contribution < 1.29 is 19.5 Å². The molecule has 9 nitrogen and oxygen atoms in total. The zero-order chi connectivity index (χ0) is 23.3. The number of likely N-dealkylation sites (N-methyl/N-ethyl adjacent to an activating group) is 1. The van der Waals surface area contributed by atoms with Crippen molar-refractivity contribution in [1.29, 1.82) is 0 Å². The fourth-order valence-electron chi connectivity index (χ4n) is 3.73. The van der Waals surface area contributed by atoms with Gasteiger partial charge in [-0.3, -0.25) is 24.8 Å². The van der Waals surface area contributed by atoms with Crippen LogP contribution in [0, 0.1) is 6.92 Å². The molecular weight excluding hydrogens is 410 g/mol. The Morgan fingerprint density at radius 1 is 1.06 bits per heavy atom. The fourth-order valence-corrected chi connectivity index (χ4v) is 3.73. The number of benzene rings is 2. The molecule has 0 unspecified atom stereocenters. The van der Waals surface area contributed by atoms with E-state index in [1.54, 1.807) is 37.2 Å². The van der Waals surface area contributed by atoms with E-state index >= 15 is 0 Å². The van der Waals surface area contributed by atoms with Crippen LogP contribution in [0.5, 0.6) is 0 Å². The standard InChI is InChI=1S/C23H29N5O4/c1-4-24-25-23(32)17-9-10-20(16(2)11-17)27(15-22(30)31)14-21(29)26(3)28-12-18-7-5-6-8-19(18)13-28/h5-11,24H,4,12-15H2,1-3H3,(H,25,32)(H,30,31). The molecule has 1 aliphatic heterocycles. The van der Waals surface area contributed by atoms with Crippen LogP contribution in [-0.2, 0) is 22.7 Å². The van der Waals surface area contributed by atoms with Gasteiger partial charge in [0, 0.05) is 37.9 Å². The van der Waals surface area contributed by atoms with Crippen LogP contribution in [0.15, 0.2) is 42.5 Å². The Labute approximate surface area is 187 Å². The monoisotopic (exact) mass is 439 g/mol. The summed E-state index contributed by atoms with van der Waals surface area (Å²) in [4.78, 5) is 38.2. The molecule has 2 aromatic carbocycles. The van der Waals surface area contributed by atoms with Gasteiger partial charge in [0.1, 0.15) is 6.54 Å². The van der Waals surface area contributed by atoms with Crippen LogP contribution in [0.25, 0.3) is 0 Å². The largest absolute Gasteiger partial charge is 0.480 e. The molecule has 0 saturated heterocycles. The minimum absolute atomic E-state index is 0.0978. The van der Waals surface area contributed by atoms with E-state index < -0.39 is 5.97 Å². The summed E-state index contributed by atoms with van der Waals surface area (Å²) >= 11 is 0. The van der Waals surface area contributed by atoms with Crippen molar-refractivity contribution >= 4 is 23.5 Å². The Kier molecular flexibility index (Phi) is 7.45. The molecule has 0 spiro atoms. The second kappa shape index (κ2) is 10.3. The maximum absolute atomic E-state index is 13.0. The number of hydrogen-bond donors (Lipinski definition) is 3. The first-order chi connectivity index (χ1) is 15.3. The fraction of sp³-hybridized carbons (Fsp3) is 0.348. The van der Waals surface area contributed by atoms with E-state index in [-0.39, 0.29) is 24.9 Å². The zero-order valence-electron chi connectivity index (χ0n) is 18.6. The number of hydrogen-bond acceptors (Lipinski definition) is 6. The molecular formula is C23H29N5O4. The molecule has 2 aromatic rings. The van der Waals surface area contributed by atoms with Crippen LogP contribution < -0.4 is 15.8 Å². The van der Waals surface area contributed by atoms with Gasteiger partial charge in [-0.2, -0.15) is 0 Å². The topological polar surface area (TPSA) is 105 Å².